The van der Waals surface area contributed by atoms with Crippen LogP contribution in [-0.2, 0) is 5.67 Å². The molecule has 0 heterocycles. The lowest BCUT2D eigenvalue weighted by Gasteiger charge is -2.30. The minimum Gasteiger partial charge on any atom is -0.218 e. The van der Waals surface area contributed by atoms with Gasteiger partial charge in [-0.25, -0.2) is 4.39 Å². The number of halogens is 7. The zero-order chi connectivity index (χ0) is 14.4. The summed E-state index contributed by atoms with van der Waals surface area (Å²) in [5.74, 6) is 0. The number of hydrogen-bond acceptors (Lipinski definition) is 0. The Hall–Kier alpha value is -1.14. The van der Waals surface area contributed by atoms with E-state index in [-0.39, 0.29) is 12.1 Å². The van der Waals surface area contributed by atoms with E-state index in [0.29, 0.717) is 0 Å². The molecule has 0 aliphatic heterocycles. The Labute approximate surface area is 100.0 Å². The van der Waals surface area contributed by atoms with Gasteiger partial charge < -0.3 is 0 Å². The predicted octanol–water partition coefficient (Wildman–Crippen LogP) is 1.56. The fourth-order valence-corrected chi connectivity index (χ4v) is 1.36. The van der Waals surface area contributed by atoms with Gasteiger partial charge in [-0.3, -0.25) is 0 Å². The maximum Gasteiger partial charge on any atom is 0.435 e. The van der Waals surface area contributed by atoms with Gasteiger partial charge in [-0.1, -0.05) is 29.1 Å². The number of benzene rings is 1. The van der Waals surface area contributed by atoms with E-state index in [1.807, 2.05) is 0 Å². The van der Waals surface area contributed by atoms with E-state index in [1.165, 1.54) is 0 Å². The van der Waals surface area contributed by atoms with Crippen LogP contribution in [0.2, 0.25) is 0 Å². The second-order valence-electron chi connectivity index (χ2n) is 3.54. The Morgan fingerprint density at radius 1 is 0.667 bits per heavy atom. The molecule has 94 valence electrons. The predicted molar refractivity (Wildman–Crippen MR) is 52.1 cm³/mol. The highest BCUT2D eigenvalue weighted by molar-refractivity contribution is 6.37. The van der Waals surface area contributed by atoms with Crippen molar-refractivity contribution in [2.45, 2.75) is 18.0 Å². The lowest BCUT2D eigenvalue weighted by molar-refractivity contribution is -0.348. The fraction of sp³-hybridized carbons (Fsp3) is 0.333. The lowest BCUT2D eigenvalue weighted by atomic mass is 9.81. The van der Waals surface area contributed by atoms with Crippen molar-refractivity contribution in [2.24, 2.45) is 0 Å². The Bertz CT molecular complexity index is 415. The molecule has 1 aromatic rings. The molecule has 0 aromatic heterocycles. The van der Waals surface area contributed by atoms with Crippen LogP contribution in [0.3, 0.4) is 0 Å². The fourth-order valence-electron chi connectivity index (χ4n) is 1.36. The summed E-state index contributed by atoms with van der Waals surface area (Å²) in [6.45, 7) is 0. The molecule has 0 atom stereocenters. The van der Waals surface area contributed by atoms with Crippen molar-refractivity contribution < 1.29 is 30.7 Å². The smallest absolute Gasteiger partial charge is 0.218 e. The first-order valence-electron chi connectivity index (χ1n) is 4.38. The van der Waals surface area contributed by atoms with Gasteiger partial charge >= 0.3 is 18.0 Å². The standard InChI is InChI=1S/C9H3B2F7/c10-5-1-4(2-6(11)3-5)7(12,8(13,14)15)9(16,17)18/h1-3H. The van der Waals surface area contributed by atoms with Crippen LogP contribution in [0.5, 0.6) is 0 Å². The molecule has 0 N–H and O–H groups in total. The van der Waals surface area contributed by atoms with Crippen molar-refractivity contribution in [1.82, 2.24) is 0 Å². The van der Waals surface area contributed by atoms with Crippen molar-refractivity contribution in [3.8, 4) is 0 Å². The van der Waals surface area contributed by atoms with Crippen molar-refractivity contribution in [2.75, 3.05) is 0 Å². The number of rotatable bonds is 1. The van der Waals surface area contributed by atoms with Crippen LogP contribution < -0.4 is 10.9 Å². The molecule has 0 saturated carbocycles. The lowest BCUT2D eigenvalue weighted by Crippen LogP contribution is -2.51. The largest absolute Gasteiger partial charge is 0.435 e. The Morgan fingerprint density at radius 2 is 1.00 bits per heavy atom. The molecule has 0 fully saturated rings. The zero-order valence-electron chi connectivity index (χ0n) is 8.53. The van der Waals surface area contributed by atoms with Crippen LogP contribution in [0, 0.1) is 0 Å². The van der Waals surface area contributed by atoms with Crippen LogP contribution >= 0.6 is 0 Å². The maximum absolute atomic E-state index is 13.5. The molecule has 0 aliphatic carbocycles. The first-order valence-corrected chi connectivity index (χ1v) is 4.38. The summed E-state index contributed by atoms with van der Waals surface area (Å²) in [4.78, 5) is 0. The van der Waals surface area contributed by atoms with E-state index in [9.17, 15) is 30.7 Å². The minimum atomic E-state index is -6.18. The number of hydrogen-bond donors (Lipinski definition) is 0. The van der Waals surface area contributed by atoms with Gasteiger partial charge in [0.15, 0.2) is 0 Å². The van der Waals surface area contributed by atoms with Crippen molar-refractivity contribution in [3.63, 3.8) is 0 Å². The van der Waals surface area contributed by atoms with Crippen molar-refractivity contribution in [3.05, 3.63) is 23.8 Å². The van der Waals surface area contributed by atoms with Gasteiger partial charge in [0.25, 0.3) is 0 Å². The quantitative estimate of drug-likeness (QED) is 0.534. The van der Waals surface area contributed by atoms with Gasteiger partial charge in [0.1, 0.15) is 15.7 Å². The second-order valence-corrected chi connectivity index (χ2v) is 3.54. The van der Waals surface area contributed by atoms with Crippen molar-refractivity contribution >= 4 is 26.6 Å². The maximum atomic E-state index is 13.5. The monoisotopic (exact) mass is 266 g/mol. The Kier molecular flexibility index (Phi) is 3.49. The first kappa shape index (κ1) is 14.9. The van der Waals surface area contributed by atoms with Crippen molar-refractivity contribution in [1.29, 1.82) is 0 Å². The van der Waals surface area contributed by atoms with Gasteiger partial charge in [-0.15, -0.1) is 0 Å². The summed E-state index contributed by atoms with van der Waals surface area (Å²) >= 11 is 0. The SMILES string of the molecule is [B]c1cc([B])cc(C(F)(C(F)(F)F)C(F)(F)F)c1. The molecule has 9 heteroatoms. The third-order valence-electron chi connectivity index (χ3n) is 2.16. The summed E-state index contributed by atoms with van der Waals surface area (Å²) in [6, 6.07) is 1.41. The zero-order valence-corrected chi connectivity index (χ0v) is 8.53. The van der Waals surface area contributed by atoms with E-state index in [2.05, 4.69) is 0 Å². The molecule has 0 bridgehead atoms. The Balaban J connectivity index is 3.55. The summed E-state index contributed by atoms with van der Waals surface area (Å²) in [5, 5.41) is 0. The van der Waals surface area contributed by atoms with Gasteiger partial charge in [-0.05, 0) is 0 Å². The normalized spacial score (nSPS) is 13.7. The highest BCUT2D eigenvalue weighted by Gasteiger charge is 2.73. The van der Waals surface area contributed by atoms with Gasteiger partial charge in [0, 0.05) is 5.56 Å². The minimum absolute atomic E-state index is 0.247. The van der Waals surface area contributed by atoms with E-state index in [0.717, 1.165) is 6.07 Å². The molecule has 0 aliphatic rings. The highest BCUT2D eigenvalue weighted by Crippen LogP contribution is 2.52. The average Bonchev–Trinajstić information content (AvgIpc) is 2.11. The third kappa shape index (κ3) is 2.35. The molecule has 18 heavy (non-hydrogen) atoms. The van der Waals surface area contributed by atoms with Crippen LogP contribution in [-0.4, -0.2) is 28.0 Å². The summed E-state index contributed by atoms with van der Waals surface area (Å²) in [6.07, 6.45) is -12.4. The highest BCUT2D eigenvalue weighted by atomic mass is 19.4. The molecule has 0 amide bonds. The molecule has 1 aromatic carbocycles. The van der Waals surface area contributed by atoms with Gasteiger partial charge in [-0.2, -0.15) is 26.3 Å². The van der Waals surface area contributed by atoms with Crippen LogP contribution in [0.25, 0.3) is 0 Å². The molecule has 1 rings (SSSR count). The molecule has 0 nitrogen and oxygen atoms in total. The molecule has 0 saturated heterocycles. The van der Waals surface area contributed by atoms with Crippen LogP contribution in [0.4, 0.5) is 30.7 Å². The first-order chi connectivity index (χ1) is 7.89. The topological polar surface area (TPSA) is 0 Å². The summed E-state index contributed by atoms with van der Waals surface area (Å²) < 4.78 is 87.8. The van der Waals surface area contributed by atoms with Crippen LogP contribution in [0.15, 0.2) is 18.2 Å². The van der Waals surface area contributed by atoms with Crippen LogP contribution in [0.1, 0.15) is 5.56 Å². The Morgan fingerprint density at radius 3 is 1.28 bits per heavy atom. The van der Waals surface area contributed by atoms with E-state index in [1.54, 1.807) is 0 Å². The molecule has 0 unspecified atom stereocenters. The van der Waals surface area contributed by atoms with Gasteiger partial charge in [0.05, 0.1) is 0 Å². The molecular formula is C9H3B2F7. The second kappa shape index (κ2) is 4.20. The van der Waals surface area contributed by atoms with E-state index >= 15 is 0 Å². The molecular weight excluding hydrogens is 263 g/mol. The van der Waals surface area contributed by atoms with E-state index in [4.69, 9.17) is 15.7 Å². The van der Waals surface area contributed by atoms with E-state index < -0.39 is 34.5 Å². The third-order valence-corrected chi connectivity index (χ3v) is 2.16. The summed E-state index contributed by atoms with van der Waals surface area (Å²) in [5.41, 5.74) is -8.20. The molecule has 4 radical (unpaired) electrons. The summed E-state index contributed by atoms with van der Waals surface area (Å²) in [7, 11) is 10.1. The number of alkyl halides is 7. The molecule has 0 spiro atoms. The van der Waals surface area contributed by atoms with Gasteiger partial charge in [0.2, 0.25) is 0 Å². The average molecular weight is 266 g/mol.